The average molecular weight is 418 g/mol. The van der Waals surface area contributed by atoms with Crippen LogP contribution in [0.25, 0.3) is 0 Å². The molecule has 4 nitrogen and oxygen atoms in total. The van der Waals surface area contributed by atoms with E-state index in [1.165, 1.54) is 17.8 Å². The number of nitrogens with one attached hydrogen (secondary N) is 1. The first-order chi connectivity index (χ1) is 12.5. The van der Waals surface area contributed by atoms with Crippen LogP contribution in [0, 0.1) is 11.7 Å². The standard InChI is InChI=1S/C20H29ClFNO3S/c1-7-9-12(3)18(24)23-15-11-17(13(21)10-14(15)22)27-16(8-2)19(25)26-20(4,5)6/h10-12,16H,7-9H2,1-6H3,(H,23,24). The van der Waals surface area contributed by atoms with E-state index in [9.17, 15) is 14.0 Å². The molecule has 0 spiro atoms. The summed E-state index contributed by atoms with van der Waals surface area (Å²) in [5.74, 6) is -1.41. The third-order valence-corrected chi connectivity index (χ3v) is 5.59. The van der Waals surface area contributed by atoms with E-state index in [0.717, 1.165) is 18.9 Å². The van der Waals surface area contributed by atoms with Gasteiger partial charge in [0.15, 0.2) is 0 Å². The molecule has 152 valence electrons. The smallest absolute Gasteiger partial charge is 0.319 e. The van der Waals surface area contributed by atoms with Gasteiger partial charge in [0.2, 0.25) is 5.91 Å². The third kappa shape index (κ3) is 7.70. The van der Waals surface area contributed by atoms with Gasteiger partial charge in [-0.05, 0) is 45.7 Å². The number of rotatable bonds is 8. The number of halogens is 2. The highest BCUT2D eigenvalue weighted by molar-refractivity contribution is 8.00. The average Bonchev–Trinajstić information content (AvgIpc) is 2.54. The van der Waals surface area contributed by atoms with Crippen molar-refractivity contribution in [1.82, 2.24) is 0 Å². The molecular weight excluding hydrogens is 389 g/mol. The summed E-state index contributed by atoms with van der Waals surface area (Å²) in [6.07, 6.45) is 2.12. The van der Waals surface area contributed by atoms with Crippen LogP contribution in [0.3, 0.4) is 0 Å². The molecule has 0 radical (unpaired) electrons. The molecule has 1 rings (SSSR count). The lowest BCUT2D eigenvalue weighted by atomic mass is 10.1. The SMILES string of the molecule is CCCC(C)C(=O)Nc1cc(SC(CC)C(=O)OC(C)(C)C)c(Cl)cc1F. The number of anilines is 1. The summed E-state index contributed by atoms with van der Waals surface area (Å²) in [7, 11) is 0. The van der Waals surface area contributed by atoms with Gasteiger partial charge in [-0.2, -0.15) is 0 Å². The van der Waals surface area contributed by atoms with Gasteiger partial charge in [-0.15, -0.1) is 11.8 Å². The number of hydrogen-bond acceptors (Lipinski definition) is 4. The van der Waals surface area contributed by atoms with Crippen molar-refractivity contribution in [2.75, 3.05) is 5.32 Å². The van der Waals surface area contributed by atoms with Gasteiger partial charge in [0.1, 0.15) is 16.7 Å². The number of hydrogen-bond donors (Lipinski definition) is 1. The summed E-state index contributed by atoms with van der Waals surface area (Å²) in [5, 5.41) is 2.34. The van der Waals surface area contributed by atoms with Gasteiger partial charge >= 0.3 is 5.97 Å². The number of amides is 1. The first-order valence-electron chi connectivity index (χ1n) is 9.17. The first kappa shape index (κ1) is 23.8. The molecule has 1 amide bonds. The van der Waals surface area contributed by atoms with Gasteiger partial charge in [0, 0.05) is 10.8 Å². The Morgan fingerprint density at radius 1 is 1.30 bits per heavy atom. The molecule has 1 N–H and O–H groups in total. The molecule has 0 aliphatic heterocycles. The van der Waals surface area contributed by atoms with Crippen LogP contribution in [-0.2, 0) is 14.3 Å². The van der Waals surface area contributed by atoms with E-state index >= 15 is 0 Å². The van der Waals surface area contributed by atoms with Gasteiger partial charge in [-0.25, -0.2) is 4.39 Å². The second-order valence-corrected chi connectivity index (χ2v) is 9.14. The van der Waals surface area contributed by atoms with Gasteiger partial charge in [0.25, 0.3) is 0 Å². The highest BCUT2D eigenvalue weighted by atomic mass is 35.5. The Balaban J connectivity index is 3.01. The molecule has 0 saturated heterocycles. The highest BCUT2D eigenvalue weighted by Crippen LogP contribution is 2.36. The van der Waals surface area contributed by atoms with E-state index in [2.05, 4.69) is 5.32 Å². The molecule has 0 aromatic heterocycles. The van der Waals surface area contributed by atoms with Crippen molar-refractivity contribution < 1.29 is 18.7 Å². The Kier molecular flexibility index (Phi) is 9.09. The lowest BCUT2D eigenvalue weighted by molar-refractivity contribution is -0.154. The van der Waals surface area contributed by atoms with Gasteiger partial charge < -0.3 is 10.1 Å². The Bertz CT molecular complexity index is 676. The summed E-state index contributed by atoms with van der Waals surface area (Å²) in [5.41, 5.74) is -0.527. The lowest BCUT2D eigenvalue weighted by Gasteiger charge is -2.23. The van der Waals surface area contributed by atoms with Gasteiger partial charge in [-0.1, -0.05) is 38.8 Å². The Hall–Kier alpha value is -1.27. The molecule has 0 heterocycles. The zero-order valence-corrected chi connectivity index (χ0v) is 18.4. The van der Waals surface area contributed by atoms with Crippen molar-refractivity contribution in [3.63, 3.8) is 0 Å². The van der Waals surface area contributed by atoms with E-state index in [1.54, 1.807) is 27.7 Å². The fourth-order valence-electron chi connectivity index (χ4n) is 2.35. The molecule has 1 aromatic carbocycles. The predicted octanol–water partition coefficient (Wildman–Crippen LogP) is 6.07. The van der Waals surface area contributed by atoms with Crippen LogP contribution in [-0.4, -0.2) is 22.7 Å². The van der Waals surface area contributed by atoms with Crippen LogP contribution in [0.2, 0.25) is 5.02 Å². The number of carbonyl (C=O) groups is 2. The number of ether oxygens (including phenoxy) is 1. The molecule has 2 unspecified atom stereocenters. The van der Waals surface area contributed by atoms with Crippen LogP contribution < -0.4 is 5.32 Å². The zero-order chi connectivity index (χ0) is 20.8. The lowest BCUT2D eigenvalue weighted by Crippen LogP contribution is -2.30. The Morgan fingerprint density at radius 3 is 2.44 bits per heavy atom. The second-order valence-electron chi connectivity index (χ2n) is 7.49. The molecule has 0 aliphatic rings. The van der Waals surface area contributed by atoms with Crippen molar-refractivity contribution in [2.24, 2.45) is 5.92 Å². The van der Waals surface area contributed by atoms with Crippen molar-refractivity contribution >= 4 is 40.9 Å². The normalized spacial score (nSPS) is 13.8. The Labute approximate surface area is 170 Å². The highest BCUT2D eigenvalue weighted by Gasteiger charge is 2.26. The Morgan fingerprint density at radius 2 is 1.93 bits per heavy atom. The van der Waals surface area contributed by atoms with Crippen LogP contribution in [0.15, 0.2) is 17.0 Å². The first-order valence-corrected chi connectivity index (χ1v) is 10.4. The topological polar surface area (TPSA) is 55.4 Å². The van der Waals surface area contributed by atoms with Gasteiger partial charge in [-0.3, -0.25) is 9.59 Å². The maximum Gasteiger partial charge on any atom is 0.319 e. The maximum absolute atomic E-state index is 14.2. The monoisotopic (exact) mass is 417 g/mol. The molecular formula is C20H29ClFNO3S. The summed E-state index contributed by atoms with van der Waals surface area (Å²) >= 11 is 7.37. The number of esters is 1. The molecule has 0 aliphatic carbocycles. The molecule has 2 atom stereocenters. The van der Waals surface area contributed by atoms with Crippen LogP contribution >= 0.6 is 23.4 Å². The molecule has 7 heteroatoms. The van der Waals surface area contributed by atoms with Crippen molar-refractivity contribution in [2.45, 2.75) is 76.6 Å². The minimum absolute atomic E-state index is 0.0638. The van der Waals surface area contributed by atoms with Crippen molar-refractivity contribution in [1.29, 1.82) is 0 Å². The van der Waals surface area contributed by atoms with E-state index in [1.807, 2.05) is 13.8 Å². The summed E-state index contributed by atoms with van der Waals surface area (Å²) in [6.45, 7) is 11.1. The molecule has 0 fully saturated rings. The van der Waals surface area contributed by atoms with Crippen LogP contribution in [0.1, 0.15) is 60.8 Å². The van der Waals surface area contributed by atoms with Crippen molar-refractivity contribution in [3.05, 3.63) is 23.0 Å². The fraction of sp³-hybridized carbons (Fsp3) is 0.600. The van der Waals surface area contributed by atoms with Crippen LogP contribution in [0.5, 0.6) is 0 Å². The number of carbonyl (C=O) groups excluding carboxylic acids is 2. The largest absolute Gasteiger partial charge is 0.459 e. The van der Waals surface area contributed by atoms with Crippen LogP contribution in [0.4, 0.5) is 10.1 Å². The van der Waals surface area contributed by atoms with E-state index in [4.69, 9.17) is 16.3 Å². The second kappa shape index (κ2) is 10.3. The van der Waals surface area contributed by atoms with E-state index in [0.29, 0.717) is 11.3 Å². The molecule has 0 saturated carbocycles. The summed E-state index contributed by atoms with van der Waals surface area (Å²) in [4.78, 5) is 25.1. The number of thioether (sulfide) groups is 1. The molecule has 27 heavy (non-hydrogen) atoms. The van der Waals surface area contributed by atoms with E-state index < -0.39 is 16.7 Å². The molecule has 1 aromatic rings. The quantitative estimate of drug-likeness (QED) is 0.412. The maximum atomic E-state index is 14.2. The minimum Gasteiger partial charge on any atom is -0.459 e. The molecule has 0 bridgehead atoms. The third-order valence-electron chi connectivity index (χ3n) is 3.76. The summed E-state index contributed by atoms with van der Waals surface area (Å²) in [6, 6.07) is 2.64. The fourth-order valence-corrected chi connectivity index (χ4v) is 3.61. The summed E-state index contributed by atoms with van der Waals surface area (Å²) < 4.78 is 19.7. The van der Waals surface area contributed by atoms with E-state index in [-0.39, 0.29) is 28.5 Å². The minimum atomic E-state index is -0.605. The van der Waals surface area contributed by atoms with Gasteiger partial charge in [0.05, 0.1) is 10.7 Å². The predicted molar refractivity (Wildman–Crippen MR) is 110 cm³/mol. The zero-order valence-electron chi connectivity index (χ0n) is 16.8. The number of benzene rings is 1. The van der Waals surface area contributed by atoms with Crippen molar-refractivity contribution in [3.8, 4) is 0 Å².